The fourth-order valence-corrected chi connectivity index (χ4v) is 2.72. The lowest BCUT2D eigenvalue weighted by Crippen LogP contribution is -1.96. The second-order valence-corrected chi connectivity index (χ2v) is 4.90. The molecule has 0 saturated heterocycles. The predicted octanol–water partition coefficient (Wildman–Crippen LogP) is 3.57. The van der Waals surface area contributed by atoms with E-state index in [4.69, 9.17) is 0 Å². The molecule has 0 aliphatic heterocycles. The van der Waals surface area contributed by atoms with E-state index in [0.29, 0.717) is 0 Å². The van der Waals surface area contributed by atoms with E-state index in [1.54, 1.807) is 4.88 Å². The first-order valence-electron chi connectivity index (χ1n) is 4.55. The summed E-state index contributed by atoms with van der Waals surface area (Å²) < 4.78 is 0. The Labute approximate surface area is 77.9 Å². The molecule has 1 aliphatic carbocycles. The topological polar surface area (TPSA) is 0 Å². The number of hydrogen-bond acceptors (Lipinski definition) is 1. The maximum Gasteiger partial charge on any atom is 0.00510 e. The van der Waals surface area contributed by atoms with Crippen molar-refractivity contribution in [1.29, 1.82) is 0 Å². The maximum absolute atomic E-state index is 2.31. The standard InChI is InChI=1S/C11H14S/c1-9-6-7-11(12-9)8-10-4-2-3-5-10/h2-3,6-7,10H,4-5,8H2,1H3. The second kappa shape index (κ2) is 3.44. The fourth-order valence-electron chi connectivity index (χ4n) is 1.72. The lowest BCUT2D eigenvalue weighted by Gasteiger charge is -2.05. The van der Waals surface area contributed by atoms with E-state index >= 15 is 0 Å². The molecule has 0 radical (unpaired) electrons. The number of aryl methyl sites for hydroxylation is 1. The minimum Gasteiger partial charge on any atom is -0.146 e. The highest BCUT2D eigenvalue weighted by molar-refractivity contribution is 7.11. The number of rotatable bonds is 2. The lowest BCUT2D eigenvalue weighted by molar-refractivity contribution is 0.572. The predicted molar refractivity (Wildman–Crippen MR) is 54.6 cm³/mol. The molecular weight excluding hydrogens is 164 g/mol. The molecule has 1 heteroatoms. The largest absolute Gasteiger partial charge is 0.146 e. The molecule has 12 heavy (non-hydrogen) atoms. The van der Waals surface area contributed by atoms with Crippen molar-refractivity contribution in [2.24, 2.45) is 5.92 Å². The van der Waals surface area contributed by atoms with E-state index in [-0.39, 0.29) is 0 Å². The minimum absolute atomic E-state index is 0.892. The Morgan fingerprint density at radius 1 is 1.33 bits per heavy atom. The molecule has 1 aromatic rings. The van der Waals surface area contributed by atoms with Crippen LogP contribution in [0.25, 0.3) is 0 Å². The van der Waals surface area contributed by atoms with Gasteiger partial charge in [0.05, 0.1) is 0 Å². The molecule has 64 valence electrons. The summed E-state index contributed by atoms with van der Waals surface area (Å²) in [6.07, 6.45) is 8.48. The zero-order valence-corrected chi connectivity index (χ0v) is 8.23. The van der Waals surface area contributed by atoms with Crippen molar-refractivity contribution >= 4 is 11.3 Å². The summed E-state index contributed by atoms with van der Waals surface area (Å²) in [5.74, 6) is 0.892. The van der Waals surface area contributed by atoms with E-state index in [2.05, 4.69) is 31.2 Å². The van der Waals surface area contributed by atoms with E-state index in [1.807, 2.05) is 11.3 Å². The summed E-state index contributed by atoms with van der Waals surface area (Å²) in [5, 5.41) is 0. The zero-order chi connectivity index (χ0) is 8.39. The van der Waals surface area contributed by atoms with Gasteiger partial charge in [0.1, 0.15) is 0 Å². The van der Waals surface area contributed by atoms with Crippen LogP contribution in [0.4, 0.5) is 0 Å². The van der Waals surface area contributed by atoms with Crippen LogP contribution in [0.5, 0.6) is 0 Å². The number of thiophene rings is 1. The molecule has 0 N–H and O–H groups in total. The van der Waals surface area contributed by atoms with Gasteiger partial charge in [0.15, 0.2) is 0 Å². The zero-order valence-electron chi connectivity index (χ0n) is 7.42. The molecule has 0 aromatic carbocycles. The molecule has 0 nitrogen and oxygen atoms in total. The van der Waals surface area contributed by atoms with Crippen LogP contribution in [-0.4, -0.2) is 0 Å². The van der Waals surface area contributed by atoms with E-state index in [1.165, 1.54) is 24.1 Å². The number of allylic oxidation sites excluding steroid dienone is 2. The first-order chi connectivity index (χ1) is 5.84. The van der Waals surface area contributed by atoms with Crippen molar-refractivity contribution in [3.05, 3.63) is 34.0 Å². The SMILES string of the molecule is Cc1ccc(CC2CC=CC2)s1. The highest BCUT2D eigenvalue weighted by Gasteiger charge is 2.11. The average molecular weight is 178 g/mol. The Balaban J connectivity index is 1.95. The van der Waals surface area contributed by atoms with Crippen LogP contribution in [0.3, 0.4) is 0 Å². The molecule has 2 rings (SSSR count). The molecule has 1 aliphatic rings. The summed E-state index contributed by atoms with van der Waals surface area (Å²) in [4.78, 5) is 3.00. The van der Waals surface area contributed by atoms with Crippen molar-refractivity contribution in [1.82, 2.24) is 0 Å². The third-order valence-corrected chi connectivity index (χ3v) is 3.41. The maximum atomic E-state index is 2.31. The molecule has 1 heterocycles. The average Bonchev–Trinajstić information content (AvgIpc) is 2.63. The quantitative estimate of drug-likeness (QED) is 0.607. The molecule has 0 spiro atoms. The molecule has 0 fully saturated rings. The second-order valence-electron chi connectivity index (χ2n) is 3.53. The Kier molecular flexibility index (Phi) is 2.31. The smallest absolute Gasteiger partial charge is 0.00510 e. The highest BCUT2D eigenvalue weighted by atomic mass is 32.1. The van der Waals surface area contributed by atoms with Crippen molar-refractivity contribution in [3.8, 4) is 0 Å². The lowest BCUT2D eigenvalue weighted by atomic mass is 10.0. The Hall–Kier alpha value is -0.560. The van der Waals surface area contributed by atoms with Crippen LogP contribution < -0.4 is 0 Å². The fraction of sp³-hybridized carbons (Fsp3) is 0.455. The summed E-state index contributed by atoms with van der Waals surface area (Å²) in [6.45, 7) is 2.18. The summed E-state index contributed by atoms with van der Waals surface area (Å²) in [5.41, 5.74) is 0. The third-order valence-electron chi connectivity index (χ3n) is 2.39. The van der Waals surface area contributed by atoms with Gasteiger partial charge in [-0.3, -0.25) is 0 Å². The number of hydrogen-bond donors (Lipinski definition) is 0. The molecule has 0 amide bonds. The molecular formula is C11H14S. The van der Waals surface area contributed by atoms with Crippen LogP contribution in [0.2, 0.25) is 0 Å². The van der Waals surface area contributed by atoms with Crippen LogP contribution in [0, 0.1) is 12.8 Å². The van der Waals surface area contributed by atoms with Crippen LogP contribution in [-0.2, 0) is 6.42 Å². The molecule has 0 bridgehead atoms. The summed E-state index contributed by atoms with van der Waals surface area (Å²) in [7, 11) is 0. The first kappa shape index (κ1) is 8.06. The van der Waals surface area contributed by atoms with Gasteiger partial charge in [0, 0.05) is 9.75 Å². The van der Waals surface area contributed by atoms with Crippen molar-refractivity contribution in [2.45, 2.75) is 26.2 Å². The first-order valence-corrected chi connectivity index (χ1v) is 5.36. The molecule has 1 aromatic heterocycles. The Morgan fingerprint density at radius 3 is 2.67 bits per heavy atom. The minimum atomic E-state index is 0.892. The van der Waals surface area contributed by atoms with Gasteiger partial charge in [0.25, 0.3) is 0 Å². The van der Waals surface area contributed by atoms with Gasteiger partial charge in [-0.2, -0.15) is 0 Å². The highest BCUT2D eigenvalue weighted by Crippen LogP contribution is 2.25. The molecule has 0 atom stereocenters. The van der Waals surface area contributed by atoms with Gasteiger partial charge < -0.3 is 0 Å². The van der Waals surface area contributed by atoms with Gasteiger partial charge in [-0.25, -0.2) is 0 Å². The third kappa shape index (κ3) is 1.78. The van der Waals surface area contributed by atoms with Gasteiger partial charge in [-0.15, -0.1) is 11.3 Å². The Morgan fingerprint density at radius 2 is 2.08 bits per heavy atom. The van der Waals surface area contributed by atoms with E-state index in [9.17, 15) is 0 Å². The molecule has 0 unspecified atom stereocenters. The van der Waals surface area contributed by atoms with Gasteiger partial charge in [-0.05, 0) is 44.2 Å². The normalized spacial score (nSPS) is 17.4. The van der Waals surface area contributed by atoms with Crippen molar-refractivity contribution in [3.63, 3.8) is 0 Å². The van der Waals surface area contributed by atoms with E-state index in [0.717, 1.165) is 5.92 Å². The van der Waals surface area contributed by atoms with Gasteiger partial charge in [-0.1, -0.05) is 12.2 Å². The molecule has 0 saturated carbocycles. The van der Waals surface area contributed by atoms with Crippen LogP contribution in [0.15, 0.2) is 24.3 Å². The van der Waals surface area contributed by atoms with Gasteiger partial charge in [0.2, 0.25) is 0 Å². The van der Waals surface area contributed by atoms with Crippen molar-refractivity contribution in [2.75, 3.05) is 0 Å². The van der Waals surface area contributed by atoms with Crippen LogP contribution >= 0.6 is 11.3 Å². The summed E-state index contributed by atoms with van der Waals surface area (Å²) >= 11 is 1.95. The van der Waals surface area contributed by atoms with E-state index < -0.39 is 0 Å². The Bertz CT molecular complexity index is 275. The summed E-state index contributed by atoms with van der Waals surface area (Å²) in [6, 6.07) is 4.50. The van der Waals surface area contributed by atoms with Gasteiger partial charge >= 0.3 is 0 Å². The van der Waals surface area contributed by atoms with Crippen molar-refractivity contribution < 1.29 is 0 Å². The monoisotopic (exact) mass is 178 g/mol. The van der Waals surface area contributed by atoms with Crippen LogP contribution in [0.1, 0.15) is 22.6 Å².